The zero-order valence-corrected chi connectivity index (χ0v) is 23.1. The van der Waals surface area contributed by atoms with Gasteiger partial charge in [0.1, 0.15) is 23.9 Å². The van der Waals surface area contributed by atoms with Crippen molar-refractivity contribution in [1.82, 2.24) is 9.97 Å². The van der Waals surface area contributed by atoms with Crippen molar-refractivity contribution in [3.05, 3.63) is 64.2 Å². The van der Waals surface area contributed by atoms with Gasteiger partial charge >= 0.3 is 0 Å². The van der Waals surface area contributed by atoms with Crippen molar-refractivity contribution >= 4 is 34.4 Å². The topological polar surface area (TPSA) is 70.5 Å². The molecule has 2 heterocycles. The van der Waals surface area contributed by atoms with Gasteiger partial charge in [-0.2, -0.15) is 0 Å². The third kappa shape index (κ3) is 5.79. The number of pyridine rings is 1. The van der Waals surface area contributed by atoms with Crippen LogP contribution in [0.4, 0.5) is 8.78 Å². The highest BCUT2D eigenvalue weighted by Crippen LogP contribution is 2.41. The molecule has 0 aliphatic heterocycles. The first kappa shape index (κ1) is 28.2. The van der Waals surface area contributed by atoms with E-state index >= 15 is 0 Å². The number of aromatic nitrogens is 2. The van der Waals surface area contributed by atoms with Crippen LogP contribution in [0, 0.1) is 17.7 Å². The molecule has 2 N–H and O–H groups in total. The number of aromatic amines is 1. The standard InChI is InChI=1S/C30H36ClF2N3O2/c1-5-19(14-34-18(3)17(2)20-6-8-22(37)9-7-20)21-12-23-25(16-36-30(23)35-15-21)24(13-32)28-27(38-4)11-10-26(33)29(28)31/h5,10-12,14-18,20,22,24,37H,6-9,13H2,1-4H3,(H,35,36). The number of allylic oxidation sites excluding steroid dienone is 2. The summed E-state index contributed by atoms with van der Waals surface area (Å²) in [6.07, 6.45) is 10.9. The lowest BCUT2D eigenvalue weighted by Gasteiger charge is -2.32. The van der Waals surface area contributed by atoms with Gasteiger partial charge in [-0.1, -0.05) is 24.6 Å². The van der Waals surface area contributed by atoms with E-state index < -0.39 is 18.4 Å². The van der Waals surface area contributed by atoms with Gasteiger partial charge in [-0.05, 0) is 80.7 Å². The molecule has 0 amide bonds. The molecular formula is C30H36ClF2N3O2. The molecule has 0 bridgehead atoms. The first-order chi connectivity index (χ1) is 18.3. The molecule has 3 atom stereocenters. The second-order valence-corrected chi connectivity index (χ2v) is 10.6. The fourth-order valence-electron chi connectivity index (χ4n) is 5.51. The maximum absolute atomic E-state index is 14.5. The normalized spacial score (nSPS) is 21.1. The molecule has 4 rings (SSSR count). The van der Waals surface area contributed by atoms with E-state index in [1.54, 1.807) is 12.4 Å². The van der Waals surface area contributed by atoms with Gasteiger partial charge in [0.25, 0.3) is 0 Å². The van der Waals surface area contributed by atoms with Crippen molar-refractivity contribution in [2.24, 2.45) is 16.8 Å². The van der Waals surface area contributed by atoms with Gasteiger partial charge in [0.05, 0.1) is 18.2 Å². The van der Waals surface area contributed by atoms with Crippen LogP contribution < -0.4 is 4.74 Å². The number of ether oxygens (including phenoxy) is 1. The van der Waals surface area contributed by atoms with Gasteiger partial charge in [-0.15, -0.1) is 0 Å². The van der Waals surface area contributed by atoms with Crippen molar-refractivity contribution in [3.63, 3.8) is 0 Å². The Balaban J connectivity index is 1.63. The van der Waals surface area contributed by atoms with Gasteiger partial charge in [0.2, 0.25) is 0 Å². The maximum Gasteiger partial charge on any atom is 0.142 e. The van der Waals surface area contributed by atoms with Gasteiger partial charge < -0.3 is 14.8 Å². The minimum atomic E-state index is -0.837. The van der Waals surface area contributed by atoms with Crippen LogP contribution in [0.25, 0.3) is 16.6 Å². The Morgan fingerprint density at radius 2 is 2.03 bits per heavy atom. The highest BCUT2D eigenvalue weighted by molar-refractivity contribution is 6.31. The molecule has 1 saturated carbocycles. The smallest absolute Gasteiger partial charge is 0.142 e. The number of hydrogen-bond donors (Lipinski definition) is 2. The predicted molar refractivity (Wildman–Crippen MR) is 151 cm³/mol. The lowest BCUT2D eigenvalue weighted by Crippen LogP contribution is -2.27. The number of rotatable bonds is 9. The predicted octanol–water partition coefficient (Wildman–Crippen LogP) is 7.52. The van der Waals surface area contributed by atoms with E-state index in [0.29, 0.717) is 28.8 Å². The SMILES string of the molecule is CC=C(C=NC(C)C(C)C1CCC(O)CC1)c1cnc2[nH]cc(C(CF)c3c(OC)ccc(F)c3Cl)c2c1. The monoisotopic (exact) mass is 543 g/mol. The summed E-state index contributed by atoms with van der Waals surface area (Å²) in [5.41, 5.74) is 3.25. The molecule has 3 aromatic rings. The fraction of sp³-hybridized carbons (Fsp3) is 0.467. The molecule has 1 aromatic carbocycles. The number of aliphatic hydroxyl groups excluding tert-OH is 1. The molecule has 3 unspecified atom stereocenters. The van der Waals surface area contributed by atoms with Crippen LogP contribution in [-0.2, 0) is 0 Å². The summed E-state index contributed by atoms with van der Waals surface area (Å²) in [4.78, 5) is 12.5. The summed E-state index contributed by atoms with van der Waals surface area (Å²) >= 11 is 6.30. The Hall–Kier alpha value is -2.77. The fourth-order valence-corrected chi connectivity index (χ4v) is 5.80. The number of fused-ring (bicyclic) bond motifs is 1. The van der Waals surface area contributed by atoms with Crippen molar-refractivity contribution in [1.29, 1.82) is 0 Å². The lowest BCUT2D eigenvalue weighted by molar-refractivity contribution is 0.0902. The quantitative estimate of drug-likeness (QED) is 0.274. The van der Waals surface area contributed by atoms with Gasteiger partial charge in [-0.3, -0.25) is 9.38 Å². The molecule has 0 radical (unpaired) electrons. The Labute approximate surface area is 228 Å². The molecule has 2 aromatic heterocycles. The molecule has 0 spiro atoms. The number of methoxy groups -OCH3 is 1. The Morgan fingerprint density at radius 1 is 1.29 bits per heavy atom. The van der Waals surface area contributed by atoms with E-state index in [4.69, 9.17) is 21.3 Å². The lowest BCUT2D eigenvalue weighted by atomic mass is 9.77. The van der Waals surface area contributed by atoms with Gasteiger partial charge in [0.15, 0.2) is 0 Å². The van der Waals surface area contributed by atoms with Crippen LogP contribution in [0.3, 0.4) is 0 Å². The molecule has 8 heteroatoms. The highest BCUT2D eigenvalue weighted by Gasteiger charge is 2.28. The number of aliphatic hydroxyl groups is 1. The summed E-state index contributed by atoms with van der Waals surface area (Å²) in [5.74, 6) is -0.167. The van der Waals surface area contributed by atoms with E-state index in [2.05, 4.69) is 23.8 Å². The summed E-state index contributed by atoms with van der Waals surface area (Å²) in [7, 11) is 1.45. The number of nitrogens with one attached hydrogen (secondary N) is 1. The van der Waals surface area contributed by atoms with Crippen molar-refractivity contribution in [2.45, 2.75) is 64.5 Å². The van der Waals surface area contributed by atoms with Crippen LogP contribution >= 0.6 is 11.6 Å². The first-order valence-corrected chi connectivity index (χ1v) is 13.6. The maximum atomic E-state index is 14.5. The number of benzene rings is 1. The zero-order chi connectivity index (χ0) is 27.4. The molecule has 1 aliphatic carbocycles. The highest BCUT2D eigenvalue weighted by atomic mass is 35.5. The molecular weight excluding hydrogens is 508 g/mol. The molecule has 5 nitrogen and oxygen atoms in total. The van der Waals surface area contributed by atoms with Crippen LogP contribution in [0.5, 0.6) is 5.75 Å². The van der Waals surface area contributed by atoms with Crippen molar-refractivity contribution in [3.8, 4) is 5.75 Å². The van der Waals surface area contributed by atoms with Crippen molar-refractivity contribution < 1.29 is 18.6 Å². The van der Waals surface area contributed by atoms with E-state index in [0.717, 1.165) is 42.2 Å². The second-order valence-electron chi connectivity index (χ2n) is 10.2. The largest absolute Gasteiger partial charge is 0.496 e. The summed E-state index contributed by atoms with van der Waals surface area (Å²) in [6, 6.07) is 4.76. The van der Waals surface area contributed by atoms with Crippen LogP contribution in [-0.4, -0.2) is 47.2 Å². The van der Waals surface area contributed by atoms with Crippen molar-refractivity contribution in [2.75, 3.05) is 13.8 Å². The summed E-state index contributed by atoms with van der Waals surface area (Å²) in [5, 5.41) is 10.4. The molecule has 204 valence electrons. The summed E-state index contributed by atoms with van der Waals surface area (Å²) < 4.78 is 34.3. The van der Waals surface area contributed by atoms with Crippen LogP contribution in [0.15, 0.2) is 41.7 Å². The third-order valence-corrected chi connectivity index (χ3v) is 8.48. The molecule has 1 aliphatic rings. The Morgan fingerprint density at radius 3 is 2.68 bits per heavy atom. The number of halogens is 3. The van der Waals surface area contributed by atoms with E-state index in [1.165, 1.54) is 19.2 Å². The van der Waals surface area contributed by atoms with E-state index in [9.17, 15) is 13.9 Å². The van der Waals surface area contributed by atoms with E-state index in [-0.39, 0.29) is 22.7 Å². The number of nitrogens with zero attached hydrogens (tertiary/aromatic N) is 2. The molecule has 1 fully saturated rings. The van der Waals surface area contributed by atoms with E-state index in [1.807, 2.05) is 25.3 Å². The van der Waals surface area contributed by atoms with Crippen LogP contribution in [0.2, 0.25) is 5.02 Å². The Kier molecular flexibility index (Phi) is 9.21. The average Bonchev–Trinajstić information content (AvgIpc) is 3.35. The molecule has 0 saturated heterocycles. The average molecular weight is 544 g/mol. The Bertz CT molecular complexity index is 1310. The number of aliphatic imine (C=N–C) groups is 1. The van der Waals surface area contributed by atoms with Gasteiger partial charge in [0, 0.05) is 47.1 Å². The van der Waals surface area contributed by atoms with Crippen LogP contribution in [0.1, 0.15) is 69.1 Å². The van der Waals surface area contributed by atoms with Gasteiger partial charge in [-0.25, -0.2) is 9.37 Å². The summed E-state index contributed by atoms with van der Waals surface area (Å²) in [6.45, 7) is 5.53. The number of H-pyrrole nitrogens is 1. The third-order valence-electron chi connectivity index (χ3n) is 8.09. The zero-order valence-electron chi connectivity index (χ0n) is 22.3. The molecule has 38 heavy (non-hydrogen) atoms. The first-order valence-electron chi connectivity index (χ1n) is 13.2. The minimum absolute atomic E-state index is 0.128. The number of alkyl halides is 1. The second kappa shape index (κ2) is 12.4. The minimum Gasteiger partial charge on any atom is -0.496 e. The number of hydrogen-bond acceptors (Lipinski definition) is 4.